The molecule has 1 fully saturated rings. The van der Waals surface area contributed by atoms with Gasteiger partial charge in [-0.15, -0.1) is 0 Å². The molecule has 0 aliphatic heterocycles. The summed E-state index contributed by atoms with van der Waals surface area (Å²) < 4.78 is 12.7. The lowest BCUT2D eigenvalue weighted by Gasteiger charge is -2.29. The molecule has 0 saturated heterocycles. The molecule has 0 amide bonds. The minimum absolute atomic E-state index is 0.175. The van der Waals surface area contributed by atoms with Crippen molar-refractivity contribution in [3.63, 3.8) is 0 Å². The number of nitrogens with one attached hydrogen (secondary N) is 1. The van der Waals surface area contributed by atoms with Crippen molar-refractivity contribution >= 4 is 34.0 Å². The van der Waals surface area contributed by atoms with Gasteiger partial charge in [0.05, 0.1) is 20.7 Å². The van der Waals surface area contributed by atoms with Gasteiger partial charge in [0.1, 0.15) is 0 Å². The van der Waals surface area contributed by atoms with Gasteiger partial charge in [0, 0.05) is 16.3 Å². The van der Waals surface area contributed by atoms with Gasteiger partial charge in [-0.3, -0.25) is 4.21 Å². The van der Waals surface area contributed by atoms with Crippen LogP contribution < -0.4 is 5.32 Å². The van der Waals surface area contributed by atoms with Crippen LogP contribution in [0.1, 0.15) is 39.0 Å². The fourth-order valence-corrected chi connectivity index (χ4v) is 4.92. The van der Waals surface area contributed by atoms with E-state index in [9.17, 15) is 4.21 Å². The summed E-state index contributed by atoms with van der Waals surface area (Å²) in [5.74, 6) is 0. The maximum Gasteiger partial charge on any atom is 0.0591 e. The molecule has 1 aliphatic rings. The Labute approximate surface area is 133 Å². The average Bonchev–Trinajstić information content (AvgIpc) is 2.47. The van der Waals surface area contributed by atoms with E-state index < -0.39 is 10.8 Å². The highest BCUT2D eigenvalue weighted by Gasteiger charge is 2.27. The smallest absolute Gasteiger partial charge is 0.0591 e. The maximum atomic E-state index is 12.7. The van der Waals surface area contributed by atoms with Crippen molar-refractivity contribution in [2.24, 2.45) is 0 Å². The van der Waals surface area contributed by atoms with Crippen LogP contribution in [0.15, 0.2) is 23.1 Å². The van der Waals surface area contributed by atoms with Crippen molar-refractivity contribution < 1.29 is 4.21 Å². The fourth-order valence-electron chi connectivity index (χ4n) is 2.68. The lowest BCUT2D eigenvalue weighted by molar-refractivity contribution is 0.378. The highest BCUT2D eigenvalue weighted by molar-refractivity contribution is 7.85. The lowest BCUT2D eigenvalue weighted by atomic mass is 9.95. The normalized spacial score (nSPS) is 24.6. The number of hydrogen-bond acceptors (Lipinski definition) is 2. The van der Waals surface area contributed by atoms with Gasteiger partial charge in [-0.1, -0.05) is 36.5 Å². The third-order valence-electron chi connectivity index (χ3n) is 3.72. The zero-order valence-electron chi connectivity index (χ0n) is 11.7. The van der Waals surface area contributed by atoms with Crippen molar-refractivity contribution in [1.29, 1.82) is 0 Å². The molecule has 20 heavy (non-hydrogen) atoms. The SMILES string of the molecule is CCCNC1CCCC(S(=O)c2cc(Cl)ccc2Cl)C1. The summed E-state index contributed by atoms with van der Waals surface area (Å²) in [4.78, 5) is 0.681. The van der Waals surface area contributed by atoms with Crippen LogP contribution in [-0.2, 0) is 10.8 Å². The van der Waals surface area contributed by atoms with E-state index in [1.165, 1.54) is 6.42 Å². The van der Waals surface area contributed by atoms with E-state index in [0.717, 1.165) is 32.2 Å². The summed E-state index contributed by atoms with van der Waals surface area (Å²) in [6, 6.07) is 5.68. The van der Waals surface area contributed by atoms with Gasteiger partial charge in [-0.05, 0) is 50.4 Å². The average molecular weight is 334 g/mol. The van der Waals surface area contributed by atoms with Crippen molar-refractivity contribution in [2.45, 2.75) is 55.2 Å². The molecule has 2 rings (SSSR count). The summed E-state index contributed by atoms with van der Waals surface area (Å²) in [7, 11) is -1.07. The molecule has 3 atom stereocenters. The van der Waals surface area contributed by atoms with Gasteiger partial charge in [0.25, 0.3) is 0 Å². The van der Waals surface area contributed by atoms with Crippen LogP contribution in [0.4, 0.5) is 0 Å². The molecule has 5 heteroatoms. The standard InChI is InChI=1S/C15H21Cl2NOS/c1-2-8-18-12-4-3-5-13(10-12)20(19)15-9-11(16)6-7-14(15)17/h6-7,9,12-13,18H,2-5,8,10H2,1H3. The van der Waals surface area contributed by atoms with Crippen molar-refractivity contribution in [3.8, 4) is 0 Å². The van der Waals surface area contributed by atoms with E-state index >= 15 is 0 Å². The molecule has 1 N–H and O–H groups in total. The number of halogens is 2. The molecule has 1 aromatic carbocycles. The summed E-state index contributed by atoms with van der Waals surface area (Å²) in [5.41, 5.74) is 0. The Morgan fingerprint density at radius 3 is 2.90 bits per heavy atom. The van der Waals surface area contributed by atoms with Crippen LogP contribution in [0.2, 0.25) is 10.0 Å². The third kappa shape index (κ3) is 4.20. The zero-order valence-corrected chi connectivity index (χ0v) is 14.0. The van der Waals surface area contributed by atoms with E-state index in [2.05, 4.69) is 12.2 Å². The molecule has 1 aromatic rings. The second-order valence-electron chi connectivity index (χ2n) is 5.31. The fraction of sp³-hybridized carbons (Fsp3) is 0.600. The van der Waals surface area contributed by atoms with Crippen LogP contribution in [0.3, 0.4) is 0 Å². The summed E-state index contributed by atoms with van der Waals surface area (Å²) in [6.07, 6.45) is 5.38. The third-order valence-corrected chi connectivity index (χ3v) is 6.20. The van der Waals surface area contributed by atoms with E-state index in [-0.39, 0.29) is 5.25 Å². The van der Waals surface area contributed by atoms with Crippen LogP contribution in [-0.4, -0.2) is 22.0 Å². The topological polar surface area (TPSA) is 29.1 Å². The molecule has 0 heterocycles. The van der Waals surface area contributed by atoms with E-state index in [1.54, 1.807) is 18.2 Å². The molecule has 1 aliphatic carbocycles. The van der Waals surface area contributed by atoms with Crippen LogP contribution in [0.5, 0.6) is 0 Å². The minimum atomic E-state index is -1.07. The predicted octanol–water partition coefficient (Wildman–Crippen LogP) is 4.41. The molecule has 112 valence electrons. The Morgan fingerprint density at radius 1 is 1.35 bits per heavy atom. The number of benzene rings is 1. The second kappa shape index (κ2) is 7.79. The molecule has 0 bridgehead atoms. The Kier molecular flexibility index (Phi) is 6.34. The Hall–Kier alpha value is -0.0900. The van der Waals surface area contributed by atoms with E-state index in [1.807, 2.05) is 0 Å². The zero-order chi connectivity index (χ0) is 14.5. The maximum absolute atomic E-state index is 12.7. The summed E-state index contributed by atoms with van der Waals surface area (Å²) >= 11 is 12.2. The van der Waals surface area contributed by atoms with Crippen molar-refractivity contribution in [1.82, 2.24) is 5.32 Å². The van der Waals surface area contributed by atoms with Crippen LogP contribution in [0, 0.1) is 0 Å². The van der Waals surface area contributed by atoms with Crippen LogP contribution >= 0.6 is 23.2 Å². The predicted molar refractivity (Wildman–Crippen MR) is 87.2 cm³/mol. The van der Waals surface area contributed by atoms with Gasteiger partial charge >= 0.3 is 0 Å². The Balaban J connectivity index is 2.06. The molecular formula is C15H21Cl2NOS. The monoisotopic (exact) mass is 333 g/mol. The lowest BCUT2D eigenvalue weighted by Crippen LogP contribution is -2.37. The highest BCUT2D eigenvalue weighted by Crippen LogP contribution is 2.31. The first-order chi connectivity index (χ1) is 9.61. The van der Waals surface area contributed by atoms with E-state index in [0.29, 0.717) is 21.0 Å². The number of rotatable bonds is 5. The van der Waals surface area contributed by atoms with Crippen molar-refractivity contribution in [2.75, 3.05) is 6.54 Å². The highest BCUT2D eigenvalue weighted by atomic mass is 35.5. The Morgan fingerprint density at radius 2 is 2.15 bits per heavy atom. The summed E-state index contributed by atoms with van der Waals surface area (Å²) in [5, 5.41) is 4.86. The first kappa shape index (κ1) is 16.3. The van der Waals surface area contributed by atoms with Gasteiger partial charge in [0.15, 0.2) is 0 Å². The minimum Gasteiger partial charge on any atom is -0.314 e. The first-order valence-corrected chi connectivity index (χ1v) is 9.17. The van der Waals surface area contributed by atoms with Crippen molar-refractivity contribution in [3.05, 3.63) is 28.2 Å². The van der Waals surface area contributed by atoms with Gasteiger partial charge < -0.3 is 5.32 Å². The quantitative estimate of drug-likeness (QED) is 0.864. The summed E-state index contributed by atoms with van der Waals surface area (Å²) in [6.45, 7) is 3.19. The molecular weight excluding hydrogens is 313 g/mol. The Bertz CT molecular complexity index is 481. The number of hydrogen-bond donors (Lipinski definition) is 1. The van der Waals surface area contributed by atoms with Gasteiger partial charge in [0.2, 0.25) is 0 Å². The van der Waals surface area contributed by atoms with Gasteiger partial charge in [-0.2, -0.15) is 0 Å². The van der Waals surface area contributed by atoms with E-state index in [4.69, 9.17) is 23.2 Å². The molecule has 0 spiro atoms. The van der Waals surface area contributed by atoms with Gasteiger partial charge in [-0.25, -0.2) is 0 Å². The molecule has 1 saturated carbocycles. The molecule has 3 unspecified atom stereocenters. The largest absolute Gasteiger partial charge is 0.314 e. The second-order valence-corrected chi connectivity index (χ2v) is 7.86. The van der Waals surface area contributed by atoms with Crippen LogP contribution in [0.25, 0.3) is 0 Å². The molecule has 0 aromatic heterocycles. The molecule has 2 nitrogen and oxygen atoms in total. The molecule has 0 radical (unpaired) electrons. The first-order valence-electron chi connectivity index (χ1n) is 7.20.